The lowest BCUT2D eigenvalue weighted by molar-refractivity contribution is -0.131. The van der Waals surface area contributed by atoms with Gasteiger partial charge in [-0.3, -0.25) is 4.79 Å². The van der Waals surface area contributed by atoms with Crippen LogP contribution in [0.25, 0.3) is 0 Å². The molecule has 2 N–H and O–H groups in total. The van der Waals surface area contributed by atoms with Crippen LogP contribution in [-0.2, 0) is 14.9 Å². The summed E-state index contributed by atoms with van der Waals surface area (Å²) in [5.41, 5.74) is 1.96. The monoisotopic (exact) mass is 364 g/mol. The molecule has 5 heteroatoms. The van der Waals surface area contributed by atoms with Gasteiger partial charge in [0.05, 0.1) is 5.41 Å². The van der Waals surface area contributed by atoms with Crippen LogP contribution < -0.4 is 10.6 Å². The van der Waals surface area contributed by atoms with Crippen molar-refractivity contribution in [3.63, 3.8) is 0 Å². The third-order valence-corrected chi connectivity index (χ3v) is 6.19. The molecule has 3 aliphatic rings. The highest BCUT2D eigenvalue weighted by molar-refractivity contribution is 5.88. The molecule has 2 bridgehead atoms. The number of nitrogens with one attached hydrogen (secondary N) is 2. The summed E-state index contributed by atoms with van der Waals surface area (Å²) in [5, 5.41) is 7.06. The van der Waals surface area contributed by atoms with E-state index in [4.69, 9.17) is 4.74 Å². The van der Waals surface area contributed by atoms with Gasteiger partial charge in [-0.15, -0.1) is 12.4 Å². The molecule has 0 aromatic heterocycles. The van der Waals surface area contributed by atoms with Crippen molar-refractivity contribution >= 4 is 18.3 Å². The maximum absolute atomic E-state index is 13.3. The highest BCUT2D eigenvalue weighted by atomic mass is 35.5. The Morgan fingerprint density at radius 3 is 2.32 bits per heavy atom. The van der Waals surface area contributed by atoms with E-state index < -0.39 is 5.41 Å². The molecule has 138 valence electrons. The van der Waals surface area contributed by atoms with E-state index in [1.165, 1.54) is 18.4 Å². The maximum Gasteiger partial charge on any atom is 0.231 e. The van der Waals surface area contributed by atoms with Crippen LogP contribution in [-0.4, -0.2) is 37.2 Å². The Morgan fingerprint density at radius 2 is 1.72 bits per heavy atom. The maximum atomic E-state index is 13.3. The van der Waals surface area contributed by atoms with E-state index >= 15 is 0 Å². The Kier molecular flexibility index (Phi) is 5.71. The predicted octanol–water partition coefficient (Wildman–Crippen LogP) is 2.86. The summed E-state index contributed by atoms with van der Waals surface area (Å²) in [6.07, 6.45) is 6.22. The molecule has 1 aromatic carbocycles. The van der Waals surface area contributed by atoms with Crippen molar-refractivity contribution in [1.29, 1.82) is 0 Å². The van der Waals surface area contributed by atoms with Crippen molar-refractivity contribution in [2.45, 2.75) is 69.0 Å². The van der Waals surface area contributed by atoms with Crippen LogP contribution in [0.2, 0.25) is 0 Å². The summed E-state index contributed by atoms with van der Waals surface area (Å²) >= 11 is 0. The van der Waals surface area contributed by atoms with E-state index in [2.05, 4.69) is 41.8 Å². The summed E-state index contributed by atoms with van der Waals surface area (Å²) in [4.78, 5) is 13.3. The lowest BCUT2D eigenvalue weighted by Crippen LogP contribution is -2.54. The van der Waals surface area contributed by atoms with Gasteiger partial charge in [0.2, 0.25) is 5.91 Å². The van der Waals surface area contributed by atoms with Gasteiger partial charge in [0.1, 0.15) is 0 Å². The topological polar surface area (TPSA) is 50.4 Å². The molecule has 25 heavy (non-hydrogen) atoms. The van der Waals surface area contributed by atoms with Crippen molar-refractivity contribution in [2.24, 2.45) is 0 Å². The molecule has 1 amide bonds. The lowest BCUT2D eigenvalue weighted by Gasteiger charge is -2.39. The molecule has 3 heterocycles. The quantitative estimate of drug-likeness (QED) is 0.867. The molecule has 0 radical (unpaired) electrons. The Morgan fingerprint density at radius 1 is 1.12 bits per heavy atom. The first kappa shape index (κ1) is 18.7. The van der Waals surface area contributed by atoms with Crippen LogP contribution in [0.15, 0.2) is 24.3 Å². The number of aryl methyl sites for hydroxylation is 1. The fourth-order valence-electron chi connectivity index (χ4n) is 4.74. The highest BCUT2D eigenvalue weighted by Crippen LogP contribution is 2.36. The first-order chi connectivity index (χ1) is 11.7. The molecule has 2 atom stereocenters. The molecule has 4 nitrogen and oxygen atoms in total. The molecule has 2 unspecified atom stereocenters. The zero-order valence-corrected chi connectivity index (χ0v) is 15.7. The van der Waals surface area contributed by atoms with Gasteiger partial charge in [-0.05, 0) is 51.0 Å². The van der Waals surface area contributed by atoms with Crippen LogP contribution in [0.4, 0.5) is 0 Å². The zero-order chi connectivity index (χ0) is 16.6. The van der Waals surface area contributed by atoms with E-state index in [1.807, 2.05) is 0 Å². The molecule has 3 saturated heterocycles. The van der Waals surface area contributed by atoms with Crippen molar-refractivity contribution in [2.75, 3.05) is 13.2 Å². The normalized spacial score (nSPS) is 30.4. The van der Waals surface area contributed by atoms with Gasteiger partial charge in [-0.25, -0.2) is 0 Å². The molecule has 3 fully saturated rings. The third kappa shape index (κ3) is 3.71. The molecule has 0 saturated carbocycles. The van der Waals surface area contributed by atoms with Crippen molar-refractivity contribution < 1.29 is 9.53 Å². The van der Waals surface area contributed by atoms with Gasteiger partial charge in [0.15, 0.2) is 0 Å². The molecular weight excluding hydrogens is 336 g/mol. The summed E-state index contributed by atoms with van der Waals surface area (Å²) in [7, 11) is 0. The van der Waals surface area contributed by atoms with E-state index in [0.29, 0.717) is 31.3 Å². The molecular formula is C20H29ClN2O2. The molecule has 1 aromatic rings. The number of carbonyl (C=O) groups excluding carboxylic acids is 1. The molecule has 3 aliphatic heterocycles. The second kappa shape index (κ2) is 7.65. The average Bonchev–Trinajstić information content (AvgIpc) is 2.94. The van der Waals surface area contributed by atoms with Gasteiger partial charge in [-0.1, -0.05) is 29.8 Å². The Hall–Kier alpha value is -1.10. The van der Waals surface area contributed by atoms with Gasteiger partial charge in [0, 0.05) is 31.3 Å². The fraction of sp³-hybridized carbons (Fsp3) is 0.650. The zero-order valence-electron chi connectivity index (χ0n) is 14.9. The summed E-state index contributed by atoms with van der Waals surface area (Å²) < 4.78 is 5.56. The summed E-state index contributed by atoms with van der Waals surface area (Å²) in [6, 6.07) is 10.0. The number of piperidine rings is 1. The fourth-order valence-corrected chi connectivity index (χ4v) is 4.74. The van der Waals surface area contributed by atoms with E-state index in [9.17, 15) is 4.79 Å². The largest absolute Gasteiger partial charge is 0.381 e. The number of benzene rings is 1. The lowest BCUT2D eigenvalue weighted by atomic mass is 9.73. The van der Waals surface area contributed by atoms with E-state index in [0.717, 1.165) is 31.2 Å². The smallest absolute Gasteiger partial charge is 0.231 e. The van der Waals surface area contributed by atoms with Crippen LogP contribution in [0, 0.1) is 6.92 Å². The Bertz CT molecular complexity index is 586. The number of ether oxygens (including phenoxy) is 1. The number of carbonyl (C=O) groups is 1. The van der Waals surface area contributed by atoms with Gasteiger partial charge in [0.25, 0.3) is 0 Å². The Labute approximate surface area is 156 Å². The minimum Gasteiger partial charge on any atom is -0.381 e. The van der Waals surface area contributed by atoms with Crippen molar-refractivity contribution in [3.8, 4) is 0 Å². The second-order valence-corrected chi connectivity index (χ2v) is 7.84. The molecule has 0 spiro atoms. The first-order valence-corrected chi connectivity index (χ1v) is 9.38. The Balaban J connectivity index is 0.00000182. The minimum absolute atomic E-state index is 0. The second-order valence-electron chi connectivity index (χ2n) is 7.84. The van der Waals surface area contributed by atoms with Crippen LogP contribution in [0.1, 0.15) is 49.7 Å². The number of halogens is 1. The molecule has 0 aliphatic carbocycles. The molecule has 4 rings (SSSR count). The number of amides is 1. The van der Waals surface area contributed by atoms with Crippen LogP contribution in [0.3, 0.4) is 0 Å². The van der Waals surface area contributed by atoms with Crippen molar-refractivity contribution in [1.82, 2.24) is 10.6 Å². The first-order valence-electron chi connectivity index (χ1n) is 9.38. The summed E-state index contributed by atoms with van der Waals surface area (Å²) in [5.74, 6) is 0.209. The summed E-state index contributed by atoms with van der Waals surface area (Å²) in [6.45, 7) is 3.42. The minimum atomic E-state index is -0.421. The number of hydrogen-bond donors (Lipinski definition) is 2. The van der Waals surface area contributed by atoms with Crippen LogP contribution >= 0.6 is 12.4 Å². The average molecular weight is 365 g/mol. The SMILES string of the molecule is Cc1ccc(C2(C(=O)NC3CC4CCC(C3)N4)CCOCC2)cc1.Cl. The number of fused-ring (bicyclic) bond motifs is 2. The number of hydrogen-bond acceptors (Lipinski definition) is 3. The van der Waals surface area contributed by atoms with Gasteiger partial charge in [-0.2, -0.15) is 0 Å². The van der Waals surface area contributed by atoms with Crippen molar-refractivity contribution in [3.05, 3.63) is 35.4 Å². The number of rotatable bonds is 3. The van der Waals surface area contributed by atoms with Gasteiger partial charge < -0.3 is 15.4 Å². The van der Waals surface area contributed by atoms with E-state index in [-0.39, 0.29) is 18.3 Å². The predicted molar refractivity (Wildman–Crippen MR) is 101 cm³/mol. The highest BCUT2D eigenvalue weighted by Gasteiger charge is 2.43. The third-order valence-electron chi connectivity index (χ3n) is 6.19. The van der Waals surface area contributed by atoms with Crippen LogP contribution in [0.5, 0.6) is 0 Å². The van der Waals surface area contributed by atoms with E-state index in [1.54, 1.807) is 0 Å². The standard InChI is InChI=1S/C20H28N2O2.ClH/c1-14-2-4-15(5-3-14)20(8-10-24-11-9-20)19(23)22-18-12-16-6-7-17(13-18)21-16;/h2-5,16-18,21H,6-13H2,1H3,(H,22,23);1H. The van der Waals surface area contributed by atoms with Gasteiger partial charge >= 0.3 is 0 Å².